The Morgan fingerprint density at radius 1 is 0.885 bits per heavy atom. The first-order valence-corrected chi connectivity index (χ1v) is 7.14. The molecule has 3 aromatic rings. The van der Waals surface area contributed by atoms with Gasteiger partial charge in [0.1, 0.15) is 34.0 Å². The minimum Gasteiger partial charge on any atom is -0.507 e. The molecular weight excluding hydrogens is 360 g/mol. The zero-order valence-corrected chi connectivity index (χ0v) is 12.8. The van der Waals surface area contributed by atoms with Gasteiger partial charge in [-0.05, 0) is 24.3 Å². The standard InChI is InChI=1S/C17H10F4O5/c18-16(19)24-9-3-1-8(2-4-9)13-7-12(23)15-11(22)5-10(25-17(20)21)6-14(15)26-13/h1-7,16-17,22H. The molecule has 1 aromatic heterocycles. The number of phenolic OH excluding ortho intramolecular Hbond substituents is 1. The summed E-state index contributed by atoms with van der Waals surface area (Å²) in [6, 6.07) is 8.25. The number of benzene rings is 2. The van der Waals surface area contributed by atoms with Crippen LogP contribution in [0.4, 0.5) is 17.6 Å². The number of alkyl halides is 4. The van der Waals surface area contributed by atoms with Gasteiger partial charge in [-0.1, -0.05) is 0 Å². The van der Waals surface area contributed by atoms with Gasteiger partial charge in [-0.3, -0.25) is 4.79 Å². The molecule has 9 heteroatoms. The van der Waals surface area contributed by atoms with Crippen molar-refractivity contribution in [1.29, 1.82) is 0 Å². The normalized spacial score (nSPS) is 11.3. The fourth-order valence-corrected chi connectivity index (χ4v) is 2.36. The molecule has 0 spiro atoms. The van der Waals surface area contributed by atoms with Crippen molar-refractivity contribution in [1.82, 2.24) is 0 Å². The van der Waals surface area contributed by atoms with Gasteiger partial charge in [0.2, 0.25) is 0 Å². The van der Waals surface area contributed by atoms with Crippen LogP contribution in [0.3, 0.4) is 0 Å². The molecule has 0 saturated heterocycles. The van der Waals surface area contributed by atoms with Gasteiger partial charge in [0, 0.05) is 23.8 Å². The van der Waals surface area contributed by atoms with Gasteiger partial charge in [-0.2, -0.15) is 17.6 Å². The lowest BCUT2D eigenvalue weighted by Gasteiger charge is -2.09. The number of aromatic hydroxyl groups is 1. The Bertz CT molecular complexity index is 983. The van der Waals surface area contributed by atoms with E-state index in [0.29, 0.717) is 5.56 Å². The highest BCUT2D eigenvalue weighted by atomic mass is 19.3. The van der Waals surface area contributed by atoms with E-state index in [4.69, 9.17) is 4.42 Å². The van der Waals surface area contributed by atoms with Crippen LogP contribution in [-0.2, 0) is 0 Å². The topological polar surface area (TPSA) is 68.9 Å². The van der Waals surface area contributed by atoms with Crippen molar-refractivity contribution in [3.63, 3.8) is 0 Å². The highest BCUT2D eigenvalue weighted by Crippen LogP contribution is 2.32. The lowest BCUT2D eigenvalue weighted by atomic mass is 10.1. The lowest BCUT2D eigenvalue weighted by Crippen LogP contribution is -2.04. The van der Waals surface area contributed by atoms with Gasteiger partial charge in [0.15, 0.2) is 5.43 Å². The zero-order valence-electron chi connectivity index (χ0n) is 12.8. The number of hydrogen-bond acceptors (Lipinski definition) is 5. The summed E-state index contributed by atoms with van der Waals surface area (Å²) in [6.45, 7) is -6.10. The quantitative estimate of drug-likeness (QED) is 0.676. The lowest BCUT2D eigenvalue weighted by molar-refractivity contribution is -0.0505. The molecule has 1 heterocycles. The van der Waals surface area contributed by atoms with Crippen LogP contribution in [0.1, 0.15) is 0 Å². The van der Waals surface area contributed by atoms with E-state index in [0.717, 1.165) is 18.2 Å². The van der Waals surface area contributed by atoms with Crippen molar-refractivity contribution in [2.75, 3.05) is 0 Å². The predicted octanol–water partition coefficient (Wildman–Crippen LogP) is 4.37. The smallest absolute Gasteiger partial charge is 0.387 e. The van der Waals surface area contributed by atoms with Crippen molar-refractivity contribution in [2.45, 2.75) is 13.2 Å². The minimum absolute atomic E-state index is 0.0414. The summed E-state index contributed by atoms with van der Waals surface area (Å²) in [5, 5.41) is 9.65. The second-order valence-electron chi connectivity index (χ2n) is 5.07. The third-order valence-electron chi connectivity index (χ3n) is 3.37. The summed E-state index contributed by atoms with van der Waals surface area (Å²) in [4.78, 5) is 12.2. The summed E-state index contributed by atoms with van der Waals surface area (Å²) < 4.78 is 62.9. The highest BCUT2D eigenvalue weighted by molar-refractivity contribution is 5.86. The number of hydrogen-bond donors (Lipinski definition) is 1. The minimum atomic E-state index is -3.12. The Morgan fingerprint density at radius 3 is 2.12 bits per heavy atom. The molecule has 0 aliphatic rings. The van der Waals surface area contributed by atoms with E-state index in [9.17, 15) is 27.5 Å². The van der Waals surface area contributed by atoms with Crippen LogP contribution in [0, 0.1) is 0 Å². The molecule has 5 nitrogen and oxygen atoms in total. The maximum absolute atomic E-state index is 12.3. The fraction of sp³-hybridized carbons (Fsp3) is 0.118. The highest BCUT2D eigenvalue weighted by Gasteiger charge is 2.15. The van der Waals surface area contributed by atoms with Crippen LogP contribution in [0.15, 0.2) is 51.7 Å². The molecule has 0 aliphatic carbocycles. The molecule has 0 unspecified atom stereocenters. The van der Waals surface area contributed by atoms with E-state index in [2.05, 4.69) is 9.47 Å². The van der Waals surface area contributed by atoms with Gasteiger partial charge < -0.3 is 19.0 Å². The average molecular weight is 370 g/mol. The maximum atomic E-state index is 12.3. The first-order valence-electron chi connectivity index (χ1n) is 7.14. The van der Waals surface area contributed by atoms with E-state index in [1.807, 2.05) is 0 Å². The van der Waals surface area contributed by atoms with Crippen molar-refractivity contribution in [3.05, 3.63) is 52.7 Å². The molecule has 0 aliphatic heterocycles. The summed E-state index contributed by atoms with van der Waals surface area (Å²) in [5.74, 6) is -0.998. The zero-order chi connectivity index (χ0) is 18.8. The second kappa shape index (κ2) is 6.95. The largest absolute Gasteiger partial charge is 0.507 e. The summed E-state index contributed by atoms with van der Waals surface area (Å²) in [7, 11) is 0. The Balaban J connectivity index is 2.05. The maximum Gasteiger partial charge on any atom is 0.387 e. The van der Waals surface area contributed by atoms with E-state index < -0.39 is 24.4 Å². The first-order chi connectivity index (χ1) is 12.3. The molecule has 0 radical (unpaired) electrons. The van der Waals surface area contributed by atoms with Gasteiger partial charge in [-0.25, -0.2) is 0 Å². The van der Waals surface area contributed by atoms with Crippen LogP contribution in [0.5, 0.6) is 17.2 Å². The Hall–Kier alpha value is -3.23. The first kappa shape index (κ1) is 17.6. The van der Waals surface area contributed by atoms with Crippen molar-refractivity contribution >= 4 is 11.0 Å². The molecular formula is C17H10F4O5. The van der Waals surface area contributed by atoms with Crippen molar-refractivity contribution in [2.24, 2.45) is 0 Å². The Kier molecular flexibility index (Phi) is 4.70. The molecule has 0 amide bonds. The van der Waals surface area contributed by atoms with Crippen molar-refractivity contribution in [3.8, 4) is 28.6 Å². The fourth-order valence-electron chi connectivity index (χ4n) is 2.36. The number of phenols is 1. The Labute approximate surface area is 143 Å². The molecule has 0 atom stereocenters. The van der Waals surface area contributed by atoms with E-state index >= 15 is 0 Å². The monoisotopic (exact) mass is 370 g/mol. The van der Waals surface area contributed by atoms with Gasteiger partial charge in [0.25, 0.3) is 0 Å². The number of rotatable bonds is 5. The average Bonchev–Trinajstić information content (AvgIpc) is 2.53. The third-order valence-corrected chi connectivity index (χ3v) is 3.37. The second-order valence-corrected chi connectivity index (χ2v) is 5.07. The molecule has 3 rings (SSSR count). The van der Waals surface area contributed by atoms with E-state index in [1.165, 1.54) is 24.3 Å². The third kappa shape index (κ3) is 3.71. The van der Waals surface area contributed by atoms with E-state index in [-0.39, 0.29) is 28.2 Å². The van der Waals surface area contributed by atoms with Crippen LogP contribution in [0.25, 0.3) is 22.3 Å². The predicted molar refractivity (Wildman–Crippen MR) is 82.8 cm³/mol. The van der Waals surface area contributed by atoms with Gasteiger partial charge in [-0.15, -0.1) is 0 Å². The SMILES string of the molecule is O=c1cc(-c2ccc(OC(F)F)cc2)oc2cc(OC(F)F)cc(O)c12. The number of halogens is 4. The van der Waals surface area contributed by atoms with E-state index in [1.54, 1.807) is 0 Å². The molecule has 136 valence electrons. The Morgan fingerprint density at radius 2 is 1.50 bits per heavy atom. The molecule has 0 bridgehead atoms. The van der Waals surface area contributed by atoms with Crippen LogP contribution < -0.4 is 14.9 Å². The van der Waals surface area contributed by atoms with Crippen LogP contribution >= 0.6 is 0 Å². The number of ether oxygens (including phenoxy) is 2. The number of fused-ring (bicyclic) bond motifs is 1. The van der Waals surface area contributed by atoms with Crippen LogP contribution in [-0.4, -0.2) is 18.3 Å². The van der Waals surface area contributed by atoms with Crippen LogP contribution in [0.2, 0.25) is 0 Å². The van der Waals surface area contributed by atoms with Gasteiger partial charge in [0.05, 0.1) is 0 Å². The van der Waals surface area contributed by atoms with Gasteiger partial charge >= 0.3 is 13.2 Å². The molecule has 26 heavy (non-hydrogen) atoms. The summed E-state index contributed by atoms with van der Waals surface area (Å²) in [5.41, 5.74) is -0.434. The molecule has 1 N–H and O–H groups in total. The molecule has 0 fully saturated rings. The summed E-state index contributed by atoms with van der Waals surface area (Å²) in [6.07, 6.45) is 0. The molecule has 2 aromatic carbocycles. The molecule has 0 saturated carbocycles. The summed E-state index contributed by atoms with van der Waals surface area (Å²) >= 11 is 0. The van der Waals surface area contributed by atoms with Crippen molar-refractivity contribution < 1.29 is 36.6 Å².